The number of hydrogen-bond donors (Lipinski definition) is 4. The SMILES string of the molecule is CN1CCN(CCNc2nc(NCCc3c[nH]c4ccccc34)nc(NCc3ccncc3)n2)CC1. The summed E-state index contributed by atoms with van der Waals surface area (Å²) in [6.07, 6.45) is 6.51. The fourth-order valence-corrected chi connectivity index (χ4v) is 4.34. The van der Waals surface area contributed by atoms with Gasteiger partial charge >= 0.3 is 0 Å². The second-order valence-electron chi connectivity index (χ2n) is 9.12. The van der Waals surface area contributed by atoms with Gasteiger partial charge in [0.05, 0.1) is 0 Å². The molecule has 0 spiro atoms. The average molecular weight is 487 g/mol. The number of para-hydroxylation sites is 1. The van der Waals surface area contributed by atoms with Crippen molar-refractivity contribution in [2.75, 3.05) is 68.8 Å². The second kappa shape index (κ2) is 11.8. The number of benzene rings is 1. The minimum absolute atomic E-state index is 0.540. The summed E-state index contributed by atoms with van der Waals surface area (Å²) >= 11 is 0. The summed E-state index contributed by atoms with van der Waals surface area (Å²) in [5.74, 6) is 1.67. The lowest BCUT2D eigenvalue weighted by molar-refractivity contribution is 0.158. The Bertz CT molecular complexity index is 1230. The Labute approximate surface area is 211 Å². The van der Waals surface area contributed by atoms with Gasteiger partial charge in [0.2, 0.25) is 17.8 Å². The van der Waals surface area contributed by atoms with E-state index in [2.05, 4.69) is 82.1 Å². The molecule has 4 aromatic rings. The number of likely N-dealkylation sites (N-methyl/N-ethyl adjacent to an activating group) is 1. The third-order valence-electron chi connectivity index (χ3n) is 6.49. The molecule has 0 atom stereocenters. The molecular weight excluding hydrogens is 452 g/mol. The number of H-pyrrole nitrogens is 1. The lowest BCUT2D eigenvalue weighted by Gasteiger charge is -2.32. The van der Waals surface area contributed by atoms with E-state index < -0.39 is 0 Å². The van der Waals surface area contributed by atoms with Crippen LogP contribution in [0.4, 0.5) is 17.8 Å². The highest BCUT2D eigenvalue weighted by Gasteiger charge is 2.13. The first kappa shape index (κ1) is 24.0. The predicted octanol–water partition coefficient (Wildman–Crippen LogP) is 2.67. The zero-order valence-electron chi connectivity index (χ0n) is 20.7. The predicted molar refractivity (Wildman–Crippen MR) is 144 cm³/mol. The molecule has 188 valence electrons. The molecule has 0 unspecified atom stereocenters. The molecule has 1 fully saturated rings. The van der Waals surface area contributed by atoms with E-state index in [-0.39, 0.29) is 0 Å². The van der Waals surface area contributed by atoms with E-state index in [1.165, 1.54) is 10.9 Å². The van der Waals surface area contributed by atoms with Crippen LogP contribution in [0.25, 0.3) is 10.9 Å². The number of pyridine rings is 1. The molecule has 10 nitrogen and oxygen atoms in total. The van der Waals surface area contributed by atoms with Gasteiger partial charge in [-0.1, -0.05) is 18.2 Å². The Balaban J connectivity index is 1.22. The van der Waals surface area contributed by atoms with Gasteiger partial charge in [-0.15, -0.1) is 0 Å². The molecule has 0 aliphatic carbocycles. The van der Waals surface area contributed by atoms with Crippen molar-refractivity contribution in [2.24, 2.45) is 0 Å². The van der Waals surface area contributed by atoms with Crippen molar-refractivity contribution >= 4 is 28.7 Å². The largest absolute Gasteiger partial charge is 0.361 e. The lowest BCUT2D eigenvalue weighted by atomic mass is 10.1. The van der Waals surface area contributed by atoms with Gasteiger partial charge in [0.25, 0.3) is 0 Å². The number of piperazine rings is 1. The fourth-order valence-electron chi connectivity index (χ4n) is 4.34. The molecule has 1 aliphatic rings. The molecule has 1 aliphatic heterocycles. The first-order chi connectivity index (χ1) is 17.7. The van der Waals surface area contributed by atoms with Crippen molar-refractivity contribution < 1.29 is 0 Å². The number of aromatic nitrogens is 5. The molecule has 0 bridgehead atoms. The normalized spacial score (nSPS) is 14.7. The number of fused-ring (bicyclic) bond motifs is 1. The summed E-state index contributed by atoms with van der Waals surface area (Å²) in [6, 6.07) is 12.3. The molecule has 0 amide bonds. The molecule has 1 aromatic carbocycles. The van der Waals surface area contributed by atoms with Crippen molar-refractivity contribution in [3.63, 3.8) is 0 Å². The van der Waals surface area contributed by atoms with Gasteiger partial charge < -0.3 is 25.8 Å². The van der Waals surface area contributed by atoms with Crippen LogP contribution in [-0.4, -0.2) is 87.6 Å². The molecule has 0 radical (unpaired) electrons. The fraction of sp³-hybridized carbons (Fsp3) is 0.385. The number of hydrogen-bond acceptors (Lipinski definition) is 9. The van der Waals surface area contributed by atoms with Gasteiger partial charge in [-0.05, 0) is 42.8 Å². The Kier molecular flexibility index (Phi) is 7.84. The monoisotopic (exact) mass is 486 g/mol. The highest BCUT2D eigenvalue weighted by Crippen LogP contribution is 2.18. The molecule has 5 rings (SSSR count). The first-order valence-corrected chi connectivity index (χ1v) is 12.6. The van der Waals surface area contributed by atoms with Crippen LogP contribution in [0, 0.1) is 0 Å². The molecular formula is C26H34N10. The van der Waals surface area contributed by atoms with Gasteiger partial charge in [-0.3, -0.25) is 9.88 Å². The van der Waals surface area contributed by atoms with Crippen molar-refractivity contribution in [1.82, 2.24) is 34.7 Å². The van der Waals surface area contributed by atoms with E-state index in [1.807, 2.05) is 18.2 Å². The molecule has 10 heteroatoms. The Morgan fingerprint density at radius 2 is 1.53 bits per heavy atom. The van der Waals surface area contributed by atoms with Crippen LogP contribution in [-0.2, 0) is 13.0 Å². The first-order valence-electron chi connectivity index (χ1n) is 12.6. The number of anilines is 3. The summed E-state index contributed by atoms with van der Waals surface area (Å²) in [4.78, 5) is 26.1. The Morgan fingerprint density at radius 3 is 2.31 bits per heavy atom. The van der Waals surface area contributed by atoms with Crippen LogP contribution >= 0.6 is 0 Å². The summed E-state index contributed by atoms with van der Waals surface area (Å²) < 4.78 is 0. The molecule has 1 saturated heterocycles. The van der Waals surface area contributed by atoms with Gasteiger partial charge in [-0.25, -0.2) is 0 Å². The van der Waals surface area contributed by atoms with E-state index in [1.54, 1.807) is 12.4 Å². The number of aromatic amines is 1. The molecule has 36 heavy (non-hydrogen) atoms. The Hall–Kier alpha value is -3.76. The number of nitrogens with one attached hydrogen (secondary N) is 4. The van der Waals surface area contributed by atoms with E-state index in [0.717, 1.165) is 63.3 Å². The van der Waals surface area contributed by atoms with E-state index >= 15 is 0 Å². The van der Waals surface area contributed by atoms with Gasteiger partial charge in [0, 0.05) is 81.9 Å². The number of nitrogens with zero attached hydrogens (tertiary/aromatic N) is 6. The minimum atomic E-state index is 0.540. The van der Waals surface area contributed by atoms with Crippen LogP contribution in [0.3, 0.4) is 0 Å². The average Bonchev–Trinajstić information content (AvgIpc) is 3.32. The van der Waals surface area contributed by atoms with Gasteiger partial charge in [0.15, 0.2) is 0 Å². The van der Waals surface area contributed by atoms with Crippen LogP contribution in [0.2, 0.25) is 0 Å². The van der Waals surface area contributed by atoms with E-state index in [0.29, 0.717) is 24.4 Å². The number of rotatable bonds is 11. The minimum Gasteiger partial charge on any atom is -0.361 e. The Morgan fingerprint density at radius 1 is 0.833 bits per heavy atom. The van der Waals surface area contributed by atoms with Crippen LogP contribution in [0.1, 0.15) is 11.1 Å². The quantitative estimate of drug-likeness (QED) is 0.254. The standard InChI is InChI=1S/C26H34N10/c1-35-14-16-36(17-15-35)13-12-29-25-32-24(33-26(34-25)31-18-20-6-9-27-10-7-20)28-11-8-21-19-30-23-5-3-2-4-22(21)23/h2-7,9-10,19,30H,8,11-18H2,1H3,(H3,28,29,31,32,33,34). The molecule has 3 aromatic heterocycles. The van der Waals surface area contributed by atoms with Gasteiger partial charge in [0.1, 0.15) is 0 Å². The van der Waals surface area contributed by atoms with Crippen LogP contribution in [0.15, 0.2) is 55.0 Å². The van der Waals surface area contributed by atoms with Crippen LogP contribution in [0.5, 0.6) is 0 Å². The summed E-state index contributed by atoms with van der Waals surface area (Å²) in [6.45, 7) is 7.48. The van der Waals surface area contributed by atoms with Crippen molar-refractivity contribution in [2.45, 2.75) is 13.0 Å². The van der Waals surface area contributed by atoms with Crippen molar-refractivity contribution in [3.05, 3.63) is 66.1 Å². The molecule has 0 saturated carbocycles. The third kappa shape index (κ3) is 6.46. The van der Waals surface area contributed by atoms with Gasteiger partial charge in [-0.2, -0.15) is 15.0 Å². The smallest absolute Gasteiger partial charge is 0.229 e. The summed E-state index contributed by atoms with van der Waals surface area (Å²) in [5, 5.41) is 11.4. The zero-order chi connectivity index (χ0) is 24.6. The second-order valence-corrected chi connectivity index (χ2v) is 9.12. The highest BCUT2D eigenvalue weighted by atomic mass is 15.3. The van der Waals surface area contributed by atoms with Crippen LogP contribution < -0.4 is 16.0 Å². The zero-order valence-corrected chi connectivity index (χ0v) is 20.7. The topological polar surface area (TPSA) is 110 Å². The maximum absolute atomic E-state index is 4.64. The third-order valence-corrected chi connectivity index (χ3v) is 6.49. The summed E-state index contributed by atoms with van der Waals surface area (Å²) in [7, 11) is 2.17. The van der Waals surface area contributed by atoms with E-state index in [4.69, 9.17) is 0 Å². The lowest BCUT2D eigenvalue weighted by Crippen LogP contribution is -2.45. The maximum Gasteiger partial charge on any atom is 0.229 e. The van der Waals surface area contributed by atoms with E-state index in [9.17, 15) is 0 Å². The van der Waals surface area contributed by atoms with Crippen molar-refractivity contribution in [3.8, 4) is 0 Å². The molecule has 4 heterocycles. The van der Waals surface area contributed by atoms with Crippen molar-refractivity contribution in [1.29, 1.82) is 0 Å². The highest BCUT2D eigenvalue weighted by molar-refractivity contribution is 5.83. The molecule has 4 N–H and O–H groups in total. The maximum atomic E-state index is 4.64. The summed E-state index contributed by atoms with van der Waals surface area (Å²) in [5.41, 5.74) is 3.54.